The lowest BCUT2D eigenvalue weighted by Gasteiger charge is -2.09. The van der Waals surface area contributed by atoms with Gasteiger partial charge < -0.3 is 14.8 Å². The summed E-state index contributed by atoms with van der Waals surface area (Å²) in [5.41, 5.74) is 2.69. The quantitative estimate of drug-likeness (QED) is 0.722. The van der Waals surface area contributed by atoms with Gasteiger partial charge in [0, 0.05) is 22.7 Å². The molecule has 0 aliphatic carbocycles. The summed E-state index contributed by atoms with van der Waals surface area (Å²) >= 11 is 1.61. The standard InChI is InChI=1S/C19H18N2O3S/c1-13-20-18(12-25-13)14-6-8-15(9-7-14)21-19(22)11-24-17-5-3-4-16(10-17)23-2/h3-10,12H,11H2,1-2H3,(H,21,22). The summed E-state index contributed by atoms with van der Waals surface area (Å²) in [4.78, 5) is 16.5. The molecular weight excluding hydrogens is 336 g/mol. The van der Waals surface area contributed by atoms with Gasteiger partial charge in [-0.2, -0.15) is 0 Å². The van der Waals surface area contributed by atoms with Gasteiger partial charge in [-0.15, -0.1) is 11.3 Å². The predicted molar refractivity (Wildman–Crippen MR) is 99.4 cm³/mol. The fourth-order valence-electron chi connectivity index (χ4n) is 2.26. The number of benzene rings is 2. The van der Waals surface area contributed by atoms with Crippen LogP contribution in [0.1, 0.15) is 5.01 Å². The maximum atomic E-state index is 12.0. The fourth-order valence-corrected chi connectivity index (χ4v) is 2.88. The summed E-state index contributed by atoms with van der Waals surface area (Å²) in [6, 6.07) is 14.7. The number of aryl methyl sites for hydroxylation is 1. The fraction of sp³-hybridized carbons (Fsp3) is 0.158. The molecule has 0 saturated carbocycles. The summed E-state index contributed by atoms with van der Waals surface area (Å²) in [6.07, 6.45) is 0. The third kappa shape index (κ3) is 4.58. The van der Waals surface area contributed by atoms with Gasteiger partial charge in [-0.25, -0.2) is 4.98 Å². The first-order chi connectivity index (χ1) is 12.1. The van der Waals surface area contributed by atoms with Gasteiger partial charge in [0.25, 0.3) is 5.91 Å². The molecule has 3 aromatic rings. The summed E-state index contributed by atoms with van der Waals surface area (Å²) in [7, 11) is 1.59. The van der Waals surface area contributed by atoms with Crippen molar-refractivity contribution in [3.8, 4) is 22.8 Å². The monoisotopic (exact) mass is 354 g/mol. The Morgan fingerprint density at radius 2 is 1.92 bits per heavy atom. The van der Waals surface area contributed by atoms with Gasteiger partial charge in [-0.05, 0) is 31.2 Å². The predicted octanol–water partition coefficient (Wildman–Crippen LogP) is 4.14. The molecule has 0 aliphatic heterocycles. The Morgan fingerprint density at radius 1 is 1.16 bits per heavy atom. The number of rotatable bonds is 6. The number of carbonyl (C=O) groups excluding carboxylic acids is 1. The Labute approximate surface area is 150 Å². The van der Waals surface area contributed by atoms with E-state index in [1.165, 1.54) is 0 Å². The highest BCUT2D eigenvalue weighted by molar-refractivity contribution is 7.09. The van der Waals surface area contributed by atoms with Gasteiger partial charge in [0.2, 0.25) is 0 Å². The van der Waals surface area contributed by atoms with Crippen LogP contribution in [0.5, 0.6) is 11.5 Å². The number of aromatic nitrogens is 1. The first-order valence-corrected chi connectivity index (χ1v) is 8.61. The number of hydrogen-bond acceptors (Lipinski definition) is 5. The van der Waals surface area contributed by atoms with Gasteiger partial charge in [0.1, 0.15) is 11.5 Å². The number of hydrogen-bond donors (Lipinski definition) is 1. The first-order valence-electron chi connectivity index (χ1n) is 7.73. The highest BCUT2D eigenvalue weighted by atomic mass is 32.1. The normalized spacial score (nSPS) is 10.3. The van der Waals surface area contributed by atoms with Crippen LogP contribution < -0.4 is 14.8 Å². The summed E-state index contributed by atoms with van der Waals surface area (Å²) in [6.45, 7) is 1.91. The Balaban J connectivity index is 1.55. The number of thiazole rings is 1. The van der Waals surface area contributed by atoms with Gasteiger partial charge in [0.15, 0.2) is 6.61 Å². The van der Waals surface area contributed by atoms with E-state index in [0.29, 0.717) is 11.5 Å². The van der Waals surface area contributed by atoms with E-state index in [-0.39, 0.29) is 12.5 Å². The van der Waals surface area contributed by atoms with E-state index in [2.05, 4.69) is 10.3 Å². The summed E-state index contributed by atoms with van der Waals surface area (Å²) < 4.78 is 10.6. The molecule has 0 spiro atoms. The summed E-state index contributed by atoms with van der Waals surface area (Å²) in [5, 5.41) is 5.86. The van der Waals surface area contributed by atoms with Crippen molar-refractivity contribution in [2.45, 2.75) is 6.92 Å². The molecule has 1 amide bonds. The maximum Gasteiger partial charge on any atom is 0.262 e. The van der Waals surface area contributed by atoms with E-state index in [1.54, 1.807) is 30.6 Å². The van der Waals surface area contributed by atoms with Crippen LogP contribution in [0.4, 0.5) is 5.69 Å². The maximum absolute atomic E-state index is 12.0. The summed E-state index contributed by atoms with van der Waals surface area (Å²) in [5.74, 6) is 1.05. The van der Waals surface area contributed by atoms with Crippen LogP contribution in [0.15, 0.2) is 53.9 Å². The molecular formula is C19H18N2O3S. The zero-order valence-corrected chi connectivity index (χ0v) is 14.8. The number of methoxy groups -OCH3 is 1. The van der Waals surface area contributed by atoms with Crippen molar-refractivity contribution < 1.29 is 14.3 Å². The Kier molecular flexibility index (Phi) is 5.30. The topological polar surface area (TPSA) is 60.5 Å². The lowest BCUT2D eigenvalue weighted by atomic mass is 10.1. The Morgan fingerprint density at radius 3 is 2.60 bits per heavy atom. The van der Waals surface area contributed by atoms with E-state index >= 15 is 0 Å². The molecule has 0 bridgehead atoms. The Hall–Kier alpha value is -2.86. The second-order valence-electron chi connectivity index (χ2n) is 5.34. The number of amides is 1. The molecule has 0 aliphatic rings. The van der Waals surface area contributed by atoms with Gasteiger partial charge in [-0.1, -0.05) is 18.2 Å². The third-order valence-electron chi connectivity index (χ3n) is 3.49. The molecule has 1 N–H and O–H groups in total. The van der Waals surface area contributed by atoms with Crippen LogP contribution in [0, 0.1) is 6.92 Å². The number of nitrogens with zero attached hydrogens (tertiary/aromatic N) is 1. The molecule has 1 heterocycles. The molecule has 2 aromatic carbocycles. The van der Waals surface area contributed by atoms with Crippen molar-refractivity contribution in [3.63, 3.8) is 0 Å². The van der Waals surface area contributed by atoms with Crippen LogP contribution >= 0.6 is 11.3 Å². The number of nitrogens with one attached hydrogen (secondary N) is 1. The van der Waals surface area contributed by atoms with Crippen molar-refractivity contribution in [1.82, 2.24) is 4.98 Å². The van der Waals surface area contributed by atoms with Gasteiger partial charge >= 0.3 is 0 Å². The lowest BCUT2D eigenvalue weighted by molar-refractivity contribution is -0.118. The number of ether oxygens (including phenoxy) is 2. The zero-order valence-electron chi connectivity index (χ0n) is 14.0. The second-order valence-corrected chi connectivity index (χ2v) is 6.41. The van der Waals surface area contributed by atoms with Crippen molar-refractivity contribution >= 4 is 22.9 Å². The molecule has 0 unspecified atom stereocenters. The third-order valence-corrected chi connectivity index (χ3v) is 4.27. The molecule has 128 valence electrons. The molecule has 0 atom stereocenters. The first kappa shape index (κ1) is 17.0. The molecule has 0 radical (unpaired) electrons. The van der Waals surface area contributed by atoms with Crippen molar-refractivity contribution in [3.05, 3.63) is 58.9 Å². The van der Waals surface area contributed by atoms with Crippen molar-refractivity contribution in [2.75, 3.05) is 19.0 Å². The molecule has 6 heteroatoms. The van der Waals surface area contributed by atoms with E-state index in [9.17, 15) is 4.79 Å². The largest absolute Gasteiger partial charge is 0.497 e. The molecule has 0 fully saturated rings. The second kappa shape index (κ2) is 7.81. The lowest BCUT2D eigenvalue weighted by Crippen LogP contribution is -2.20. The highest BCUT2D eigenvalue weighted by Crippen LogP contribution is 2.23. The zero-order chi connectivity index (χ0) is 17.6. The van der Waals surface area contributed by atoms with Crippen LogP contribution in [0.3, 0.4) is 0 Å². The van der Waals surface area contributed by atoms with E-state index in [1.807, 2.05) is 48.7 Å². The van der Waals surface area contributed by atoms with E-state index < -0.39 is 0 Å². The Bertz CT molecular complexity index is 859. The molecule has 25 heavy (non-hydrogen) atoms. The minimum absolute atomic E-state index is 0.0692. The van der Waals surface area contributed by atoms with Crippen LogP contribution in [-0.4, -0.2) is 24.6 Å². The van der Waals surface area contributed by atoms with Crippen molar-refractivity contribution in [1.29, 1.82) is 0 Å². The average molecular weight is 354 g/mol. The average Bonchev–Trinajstić information content (AvgIpc) is 3.07. The molecule has 0 saturated heterocycles. The van der Waals surface area contributed by atoms with Gasteiger partial charge in [0.05, 0.1) is 17.8 Å². The van der Waals surface area contributed by atoms with E-state index in [4.69, 9.17) is 9.47 Å². The number of anilines is 1. The van der Waals surface area contributed by atoms with E-state index in [0.717, 1.165) is 22.0 Å². The van der Waals surface area contributed by atoms with Crippen LogP contribution in [-0.2, 0) is 4.79 Å². The molecule has 1 aromatic heterocycles. The van der Waals surface area contributed by atoms with Crippen molar-refractivity contribution in [2.24, 2.45) is 0 Å². The van der Waals surface area contributed by atoms with Gasteiger partial charge in [-0.3, -0.25) is 4.79 Å². The van der Waals surface area contributed by atoms with Crippen LogP contribution in [0.25, 0.3) is 11.3 Å². The minimum atomic E-state index is -0.222. The highest BCUT2D eigenvalue weighted by Gasteiger charge is 2.06. The molecule has 3 rings (SSSR count). The smallest absolute Gasteiger partial charge is 0.262 e. The SMILES string of the molecule is COc1cccc(OCC(=O)Nc2ccc(-c3csc(C)n3)cc2)c1. The number of carbonyl (C=O) groups is 1. The van der Waals surface area contributed by atoms with Crippen LogP contribution in [0.2, 0.25) is 0 Å². The minimum Gasteiger partial charge on any atom is -0.497 e. The molecule has 5 nitrogen and oxygen atoms in total.